The summed E-state index contributed by atoms with van der Waals surface area (Å²) in [5.74, 6) is -0.451. The Morgan fingerprint density at radius 2 is 2.36 bits per heavy atom. The Labute approximate surface area is 84.4 Å². The number of nitriles is 1. The van der Waals surface area contributed by atoms with Crippen molar-refractivity contribution in [2.75, 3.05) is 7.11 Å². The molecular formula is C11H15NO2. The van der Waals surface area contributed by atoms with E-state index in [0.29, 0.717) is 0 Å². The first-order chi connectivity index (χ1) is 6.65. The Morgan fingerprint density at radius 1 is 1.64 bits per heavy atom. The minimum atomic E-state index is -1.07. The van der Waals surface area contributed by atoms with Crippen LogP contribution in [0.25, 0.3) is 0 Å². The van der Waals surface area contributed by atoms with E-state index in [-0.39, 0.29) is 0 Å². The van der Waals surface area contributed by atoms with E-state index in [1.54, 1.807) is 6.92 Å². The molecule has 0 spiro atoms. The molecule has 0 saturated heterocycles. The summed E-state index contributed by atoms with van der Waals surface area (Å²) >= 11 is 0. The van der Waals surface area contributed by atoms with Crippen LogP contribution in [-0.2, 0) is 9.53 Å². The second kappa shape index (κ2) is 4.28. The molecule has 1 aliphatic carbocycles. The zero-order valence-electron chi connectivity index (χ0n) is 8.67. The van der Waals surface area contributed by atoms with Gasteiger partial charge in [0.1, 0.15) is 0 Å². The average Bonchev–Trinajstić information content (AvgIpc) is 2.28. The lowest BCUT2D eigenvalue weighted by molar-refractivity contribution is -0.146. The van der Waals surface area contributed by atoms with Crippen molar-refractivity contribution < 1.29 is 9.53 Å². The summed E-state index contributed by atoms with van der Waals surface area (Å²) in [6, 6.07) is 2.06. The largest absolute Gasteiger partial charge is 0.468 e. The molecule has 1 aliphatic rings. The number of hydrogen-bond acceptors (Lipinski definition) is 3. The maximum Gasteiger partial charge on any atom is 0.330 e. The smallest absolute Gasteiger partial charge is 0.330 e. The van der Waals surface area contributed by atoms with Crippen molar-refractivity contribution in [2.24, 2.45) is 5.41 Å². The van der Waals surface area contributed by atoms with Gasteiger partial charge in [0.2, 0.25) is 0 Å². The Balaban J connectivity index is 2.95. The number of ether oxygens (including phenoxy) is 1. The molecule has 0 aromatic carbocycles. The van der Waals surface area contributed by atoms with Crippen LogP contribution in [0.15, 0.2) is 11.6 Å². The highest BCUT2D eigenvalue weighted by molar-refractivity contribution is 5.83. The second-order valence-electron chi connectivity index (χ2n) is 3.70. The van der Waals surface area contributed by atoms with Gasteiger partial charge < -0.3 is 4.74 Å². The quantitative estimate of drug-likeness (QED) is 0.499. The molecule has 0 amide bonds. The van der Waals surface area contributed by atoms with Crippen LogP contribution in [0.4, 0.5) is 0 Å². The lowest BCUT2D eigenvalue weighted by Gasteiger charge is -2.24. The maximum atomic E-state index is 11.5. The number of rotatable bonds is 2. The number of allylic oxidation sites excluding steroid dienone is 1. The van der Waals surface area contributed by atoms with Gasteiger partial charge in [0, 0.05) is 0 Å². The van der Waals surface area contributed by atoms with E-state index >= 15 is 0 Å². The number of carbonyl (C=O) groups is 1. The minimum absolute atomic E-state index is 0.451. The van der Waals surface area contributed by atoms with Gasteiger partial charge in [-0.05, 0) is 38.2 Å². The minimum Gasteiger partial charge on any atom is -0.468 e. The molecule has 0 aliphatic heterocycles. The van der Waals surface area contributed by atoms with E-state index in [1.807, 2.05) is 6.08 Å². The highest BCUT2D eigenvalue weighted by Gasteiger charge is 2.38. The predicted octanol–water partition coefficient (Wildman–Crippen LogP) is 2.19. The lowest BCUT2D eigenvalue weighted by Crippen LogP contribution is -2.30. The molecule has 0 saturated carbocycles. The molecule has 0 heterocycles. The third-order valence-corrected chi connectivity index (χ3v) is 2.75. The molecule has 1 atom stereocenters. The van der Waals surface area contributed by atoms with E-state index < -0.39 is 11.4 Å². The van der Waals surface area contributed by atoms with Gasteiger partial charge in [-0.1, -0.05) is 6.08 Å². The highest BCUT2D eigenvalue weighted by Crippen LogP contribution is 2.34. The van der Waals surface area contributed by atoms with E-state index in [2.05, 4.69) is 10.8 Å². The van der Waals surface area contributed by atoms with Gasteiger partial charge in [0.25, 0.3) is 0 Å². The number of nitrogens with zero attached hydrogens (tertiary/aromatic N) is 1. The lowest BCUT2D eigenvalue weighted by atomic mass is 9.78. The monoisotopic (exact) mass is 193 g/mol. The highest BCUT2D eigenvalue weighted by atomic mass is 16.5. The van der Waals surface area contributed by atoms with Crippen molar-refractivity contribution in [3.63, 3.8) is 0 Å². The molecule has 14 heavy (non-hydrogen) atoms. The molecule has 0 N–H and O–H groups in total. The molecular weight excluding hydrogens is 178 g/mol. The van der Waals surface area contributed by atoms with Crippen molar-refractivity contribution in [3.8, 4) is 6.07 Å². The van der Waals surface area contributed by atoms with Crippen LogP contribution in [0.5, 0.6) is 0 Å². The van der Waals surface area contributed by atoms with Gasteiger partial charge in [0.15, 0.2) is 5.41 Å². The van der Waals surface area contributed by atoms with E-state index in [0.717, 1.165) is 31.3 Å². The molecule has 0 fully saturated rings. The summed E-state index contributed by atoms with van der Waals surface area (Å²) in [5, 5.41) is 9.05. The fraction of sp³-hybridized carbons (Fsp3) is 0.636. The number of methoxy groups -OCH3 is 1. The second-order valence-corrected chi connectivity index (χ2v) is 3.70. The SMILES string of the molecule is COC(=O)C(C)(C#N)C1=CCCCC1. The topological polar surface area (TPSA) is 50.1 Å². The van der Waals surface area contributed by atoms with Crippen LogP contribution in [0.1, 0.15) is 32.6 Å². The van der Waals surface area contributed by atoms with Crippen molar-refractivity contribution in [3.05, 3.63) is 11.6 Å². The van der Waals surface area contributed by atoms with Crippen molar-refractivity contribution in [1.29, 1.82) is 5.26 Å². The van der Waals surface area contributed by atoms with Crippen LogP contribution in [0.2, 0.25) is 0 Å². The predicted molar refractivity (Wildman–Crippen MR) is 52.3 cm³/mol. The molecule has 3 nitrogen and oxygen atoms in total. The molecule has 1 rings (SSSR count). The normalized spacial score (nSPS) is 20.2. The third-order valence-electron chi connectivity index (χ3n) is 2.75. The fourth-order valence-electron chi connectivity index (χ4n) is 1.74. The molecule has 76 valence electrons. The number of carbonyl (C=O) groups excluding carboxylic acids is 1. The molecule has 0 aromatic rings. The van der Waals surface area contributed by atoms with Gasteiger partial charge in [0.05, 0.1) is 13.2 Å². The Kier molecular flexibility index (Phi) is 3.29. The summed E-state index contributed by atoms with van der Waals surface area (Å²) in [5.41, 5.74) is -0.159. The van der Waals surface area contributed by atoms with Gasteiger partial charge in [-0.3, -0.25) is 0 Å². The van der Waals surface area contributed by atoms with E-state index in [9.17, 15) is 4.79 Å². The van der Waals surface area contributed by atoms with Crippen LogP contribution >= 0.6 is 0 Å². The zero-order chi connectivity index (χ0) is 10.6. The van der Waals surface area contributed by atoms with Gasteiger partial charge >= 0.3 is 5.97 Å². The summed E-state index contributed by atoms with van der Waals surface area (Å²) in [6.45, 7) is 1.63. The summed E-state index contributed by atoms with van der Waals surface area (Å²) in [4.78, 5) is 11.5. The van der Waals surface area contributed by atoms with E-state index in [1.165, 1.54) is 7.11 Å². The standard InChI is InChI=1S/C11H15NO2/c1-11(8-12,10(13)14-2)9-6-4-3-5-7-9/h6H,3-5,7H2,1-2H3. The third kappa shape index (κ3) is 1.79. The van der Waals surface area contributed by atoms with Crippen LogP contribution in [0, 0.1) is 16.7 Å². The van der Waals surface area contributed by atoms with Crippen molar-refractivity contribution >= 4 is 5.97 Å². The molecule has 0 bridgehead atoms. The van der Waals surface area contributed by atoms with Gasteiger partial charge in [-0.15, -0.1) is 0 Å². The first-order valence-corrected chi connectivity index (χ1v) is 4.84. The first kappa shape index (κ1) is 10.8. The van der Waals surface area contributed by atoms with Crippen LogP contribution < -0.4 is 0 Å². The summed E-state index contributed by atoms with van der Waals surface area (Å²) < 4.78 is 4.66. The summed E-state index contributed by atoms with van der Waals surface area (Å²) in [7, 11) is 1.32. The Bertz CT molecular complexity index is 301. The maximum absolute atomic E-state index is 11.5. The van der Waals surface area contributed by atoms with Gasteiger partial charge in [-0.25, -0.2) is 4.79 Å². The average molecular weight is 193 g/mol. The van der Waals surface area contributed by atoms with Crippen LogP contribution in [-0.4, -0.2) is 13.1 Å². The number of hydrogen-bond donors (Lipinski definition) is 0. The molecule has 0 radical (unpaired) electrons. The Hall–Kier alpha value is -1.30. The zero-order valence-corrected chi connectivity index (χ0v) is 8.67. The summed E-state index contributed by atoms with van der Waals surface area (Å²) in [6.07, 6.45) is 6.00. The van der Waals surface area contributed by atoms with Crippen LogP contribution in [0.3, 0.4) is 0 Å². The molecule has 0 aromatic heterocycles. The van der Waals surface area contributed by atoms with E-state index in [4.69, 9.17) is 5.26 Å². The van der Waals surface area contributed by atoms with Gasteiger partial charge in [-0.2, -0.15) is 5.26 Å². The Morgan fingerprint density at radius 3 is 2.79 bits per heavy atom. The van der Waals surface area contributed by atoms with Crippen molar-refractivity contribution in [1.82, 2.24) is 0 Å². The number of esters is 1. The fourth-order valence-corrected chi connectivity index (χ4v) is 1.74. The first-order valence-electron chi connectivity index (χ1n) is 4.84. The molecule has 3 heteroatoms. The van der Waals surface area contributed by atoms with Crippen molar-refractivity contribution in [2.45, 2.75) is 32.6 Å². The molecule has 1 unspecified atom stereocenters.